The summed E-state index contributed by atoms with van der Waals surface area (Å²) in [7, 11) is 2.09. The fourth-order valence-corrected chi connectivity index (χ4v) is 3.16. The third-order valence-electron chi connectivity index (χ3n) is 4.23. The molecule has 1 aromatic heterocycles. The van der Waals surface area contributed by atoms with E-state index in [1.165, 1.54) is 50.5 Å². The number of aromatic nitrogens is 1. The van der Waals surface area contributed by atoms with Crippen LogP contribution in [0.3, 0.4) is 0 Å². The lowest BCUT2D eigenvalue weighted by Crippen LogP contribution is -2.26. The summed E-state index contributed by atoms with van der Waals surface area (Å²) < 4.78 is 0. The highest BCUT2D eigenvalue weighted by molar-refractivity contribution is 5.18. The number of nitrogens with zero attached hydrogens (tertiary/aromatic N) is 1. The van der Waals surface area contributed by atoms with Gasteiger partial charge in [-0.3, -0.25) is 4.98 Å². The van der Waals surface area contributed by atoms with Crippen LogP contribution in [-0.2, 0) is 0 Å². The van der Waals surface area contributed by atoms with Crippen LogP contribution in [0, 0.1) is 12.8 Å². The van der Waals surface area contributed by atoms with Crippen molar-refractivity contribution in [3.8, 4) is 0 Å². The Bertz CT molecular complexity index is 337. The van der Waals surface area contributed by atoms with Gasteiger partial charge in [0.05, 0.1) is 0 Å². The second-order valence-electron chi connectivity index (χ2n) is 5.60. The van der Waals surface area contributed by atoms with Crippen LogP contribution >= 0.6 is 0 Å². The molecule has 0 radical (unpaired) electrons. The fourth-order valence-electron chi connectivity index (χ4n) is 3.16. The van der Waals surface area contributed by atoms with Crippen LogP contribution in [0.5, 0.6) is 0 Å². The van der Waals surface area contributed by atoms with Crippen molar-refractivity contribution < 1.29 is 0 Å². The first-order valence-corrected chi connectivity index (χ1v) is 7.41. The van der Waals surface area contributed by atoms with Crippen molar-refractivity contribution in [1.82, 2.24) is 10.3 Å². The lowest BCUT2D eigenvalue weighted by atomic mass is 9.83. The van der Waals surface area contributed by atoms with Crippen LogP contribution in [0.25, 0.3) is 0 Å². The molecular weight excluding hydrogens is 220 g/mol. The molecule has 1 N–H and O–H groups in total. The summed E-state index contributed by atoms with van der Waals surface area (Å²) in [6.07, 6.45) is 11.8. The molecule has 1 unspecified atom stereocenters. The molecular formula is C16H26N2. The predicted octanol–water partition coefficient (Wildman–Crippen LogP) is 4.01. The molecule has 0 saturated heterocycles. The quantitative estimate of drug-likeness (QED) is 0.871. The van der Waals surface area contributed by atoms with Crippen molar-refractivity contribution in [1.29, 1.82) is 0 Å². The zero-order chi connectivity index (χ0) is 12.8. The molecule has 1 atom stereocenters. The van der Waals surface area contributed by atoms with Crippen LogP contribution in [0.2, 0.25) is 0 Å². The molecule has 18 heavy (non-hydrogen) atoms. The second kappa shape index (κ2) is 6.89. The zero-order valence-electron chi connectivity index (χ0n) is 11.8. The first-order chi connectivity index (χ1) is 8.81. The van der Waals surface area contributed by atoms with Crippen molar-refractivity contribution in [3.05, 3.63) is 29.6 Å². The van der Waals surface area contributed by atoms with Crippen molar-refractivity contribution in [2.45, 2.75) is 57.9 Å². The average Bonchev–Trinajstić information content (AvgIpc) is 2.34. The molecule has 1 heterocycles. The van der Waals surface area contributed by atoms with Gasteiger partial charge >= 0.3 is 0 Å². The maximum absolute atomic E-state index is 4.44. The van der Waals surface area contributed by atoms with Gasteiger partial charge in [0.2, 0.25) is 0 Å². The number of hydrogen-bond donors (Lipinski definition) is 1. The lowest BCUT2D eigenvalue weighted by molar-refractivity contribution is 0.299. The van der Waals surface area contributed by atoms with Crippen molar-refractivity contribution in [2.75, 3.05) is 7.05 Å². The standard InChI is InChI=1S/C16H26N2/c1-13-10-11-15(12-18-13)16(17-2)14-8-6-4-3-5-7-9-14/h10-12,14,16-17H,3-9H2,1-2H3. The van der Waals surface area contributed by atoms with E-state index in [4.69, 9.17) is 0 Å². The minimum atomic E-state index is 0.483. The molecule has 1 saturated carbocycles. The number of hydrogen-bond acceptors (Lipinski definition) is 2. The Labute approximate surface area is 111 Å². The number of nitrogens with one attached hydrogen (secondary N) is 1. The van der Waals surface area contributed by atoms with Gasteiger partial charge in [0, 0.05) is 17.9 Å². The van der Waals surface area contributed by atoms with Crippen molar-refractivity contribution >= 4 is 0 Å². The summed E-state index contributed by atoms with van der Waals surface area (Å²) >= 11 is 0. The van der Waals surface area contributed by atoms with Gasteiger partial charge in [-0.25, -0.2) is 0 Å². The van der Waals surface area contributed by atoms with E-state index in [-0.39, 0.29) is 0 Å². The van der Waals surface area contributed by atoms with Crippen LogP contribution < -0.4 is 5.32 Å². The molecule has 1 fully saturated rings. The van der Waals surface area contributed by atoms with E-state index < -0.39 is 0 Å². The maximum Gasteiger partial charge on any atom is 0.0372 e. The van der Waals surface area contributed by atoms with Gasteiger partial charge in [0.15, 0.2) is 0 Å². The summed E-state index contributed by atoms with van der Waals surface area (Å²) in [6, 6.07) is 4.85. The molecule has 2 nitrogen and oxygen atoms in total. The molecule has 2 rings (SSSR count). The molecule has 0 amide bonds. The van der Waals surface area contributed by atoms with Crippen LogP contribution in [0.1, 0.15) is 62.2 Å². The van der Waals surface area contributed by atoms with E-state index in [2.05, 4.69) is 35.7 Å². The molecule has 0 aromatic carbocycles. The Balaban J connectivity index is 2.08. The average molecular weight is 246 g/mol. The minimum absolute atomic E-state index is 0.483. The Morgan fingerprint density at radius 2 is 1.78 bits per heavy atom. The molecule has 1 aromatic rings. The SMILES string of the molecule is CNC(c1ccc(C)nc1)C1CCCCCCC1. The molecule has 1 aliphatic carbocycles. The summed E-state index contributed by atoms with van der Waals surface area (Å²) in [5.74, 6) is 0.778. The van der Waals surface area contributed by atoms with E-state index in [0.717, 1.165) is 11.6 Å². The van der Waals surface area contributed by atoms with Crippen molar-refractivity contribution in [2.24, 2.45) is 5.92 Å². The normalized spacial score (nSPS) is 20.1. The van der Waals surface area contributed by atoms with Gasteiger partial charge in [0.1, 0.15) is 0 Å². The highest BCUT2D eigenvalue weighted by atomic mass is 14.9. The third kappa shape index (κ3) is 3.55. The van der Waals surface area contributed by atoms with E-state index in [0.29, 0.717) is 6.04 Å². The topological polar surface area (TPSA) is 24.9 Å². The monoisotopic (exact) mass is 246 g/mol. The zero-order valence-corrected chi connectivity index (χ0v) is 11.8. The van der Waals surface area contributed by atoms with E-state index in [1.54, 1.807) is 0 Å². The Kier molecular flexibility index (Phi) is 5.18. The highest BCUT2D eigenvalue weighted by Gasteiger charge is 2.22. The first-order valence-electron chi connectivity index (χ1n) is 7.41. The van der Waals surface area contributed by atoms with Gasteiger partial charge in [-0.05, 0) is 44.4 Å². The number of rotatable bonds is 3. The van der Waals surface area contributed by atoms with Gasteiger partial charge < -0.3 is 5.32 Å². The minimum Gasteiger partial charge on any atom is -0.313 e. The molecule has 0 bridgehead atoms. The Morgan fingerprint density at radius 3 is 2.33 bits per heavy atom. The molecule has 0 aliphatic heterocycles. The maximum atomic E-state index is 4.44. The first kappa shape index (κ1) is 13.5. The number of pyridine rings is 1. The Hall–Kier alpha value is -0.890. The molecule has 2 heteroatoms. The predicted molar refractivity (Wildman–Crippen MR) is 76.6 cm³/mol. The Morgan fingerprint density at radius 1 is 1.11 bits per heavy atom. The highest BCUT2D eigenvalue weighted by Crippen LogP contribution is 2.32. The number of aryl methyl sites for hydroxylation is 1. The largest absolute Gasteiger partial charge is 0.313 e. The lowest BCUT2D eigenvalue weighted by Gasteiger charge is -2.28. The third-order valence-corrected chi connectivity index (χ3v) is 4.23. The molecule has 100 valence electrons. The summed E-state index contributed by atoms with van der Waals surface area (Å²) in [5.41, 5.74) is 2.46. The van der Waals surface area contributed by atoms with E-state index in [1.807, 2.05) is 6.92 Å². The molecule has 0 spiro atoms. The summed E-state index contributed by atoms with van der Waals surface area (Å²) in [5, 5.41) is 3.52. The van der Waals surface area contributed by atoms with Crippen LogP contribution in [-0.4, -0.2) is 12.0 Å². The second-order valence-corrected chi connectivity index (χ2v) is 5.60. The smallest absolute Gasteiger partial charge is 0.0372 e. The van der Waals surface area contributed by atoms with Crippen LogP contribution in [0.15, 0.2) is 18.3 Å². The summed E-state index contributed by atoms with van der Waals surface area (Å²) in [4.78, 5) is 4.44. The van der Waals surface area contributed by atoms with Gasteiger partial charge in [-0.2, -0.15) is 0 Å². The van der Waals surface area contributed by atoms with Gasteiger partial charge in [0.25, 0.3) is 0 Å². The summed E-state index contributed by atoms with van der Waals surface area (Å²) in [6.45, 7) is 2.05. The van der Waals surface area contributed by atoms with Crippen molar-refractivity contribution in [3.63, 3.8) is 0 Å². The molecule has 1 aliphatic rings. The van der Waals surface area contributed by atoms with E-state index in [9.17, 15) is 0 Å². The van der Waals surface area contributed by atoms with E-state index >= 15 is 0 Å². The van der Waals surface area contributed by atoms with Crippen LogP contribution in [0.4, 0.5) is 0 Å². The van der Waals surface area contributed by atoms with Gasteiger partial charge in [-0.1, -0.05) is 38.2 Å². The van der Waals surface area contributed by atoms with Gasteiger partial charge in [-0.15, -0.1) is 0 Å². The fraction of sp³-hybridized carbons (Fsp3) is 0.688.